The zero-order valence-corrected chi connectivity index (χ0v) is 12.6. The van der Waals surface area contributed by atoms with E-state index in [-0.39, 0.29) is 6.10 Å². The minimum Gasteiger partial charge on any atom is -0.487 e. The lowest BCUT2D eigenvalue weighted by molar-refractivity contribution is 0.156. The van der Waals surface area contributed by atoms with Crippen LogP contribution >= 0.6 is 0 Å². The van der Waals surface area contributed by atoms with Crippen molar-refractivity contribution in [2.75, 3.05) is 0 Å². The largest absolute Gasteiger partial charge is 0.487 e. The number of rotatable bonds is 4. The summed E-state index contributed by atoms with van der Waals surface area (Å²) in [5.74, 6) is 0.811. The number of nitrogens with zero attached hydrogens (tertiary/aromatic N) is 2. The molecular weight excluding hydrogens is 264 g/mol. The fraction of sp³-hybridized carbons (Fsp3) is 0.471. The lowest BCUT2D eigenvalue weighted by Crippen LogP contribution is -2.10. The molecule has 0 saturated carbocycles. The van der Waals surface area contributed by atoms with Gasteiger partial charge in [0, 0.05) is 6.04 Å². The van der Waals surface area contributed by atoms with Crippen molar-refractivity contribution in [2.45, 2.75) is 51.9 Å². The number of aryl methyl sites for hydroxylation is 1. The van der Waals surface area contributed by atoms with Gasteiger partial charge in [0.15, 0.2) is 0 Å². The van der Waals surface area contributed by atoms with E-state index >= 15 is 0 Å². The van der Waals surface area contributed by atoms with E-state index in [1.807, 2.05) is 24.7 Å². The van der Waals surface area contributed by atoms with E-state index in [9.17, 15) is 5.11 Å². The van der Waals surface area contributed by atoms with Gasteiger partial charge in [-0.25, -0.2) is 4.98 Å². The summed E-state index contributed by atoms with van der Waals surface area (Å²) in [7, 11) is 0. The van der Waals surface area contributed by atoms with Crippen molar-refractivity contribution >= 4 is 0 Å². The fourth-order valence-corrected chi connectivity index (χ4v) is 2.91. The second kappa shape index (κ2) is 5.90. The monoisotopic (exact) mass is 286 g/mol. The molecule has 1 aromatic heterocycles. The maximum absolute atomic E-state index is 10.1. The summed E-state index contributed by atoms with van der Waals surface area (Å²) in [4.78, 5) is 4.18. The van der Waals surface area contributed by atoms with Crippen LogP contribution in [0.4, 0.5) is 0 Å². The quantitative estimate of drug-likeness (QED) is 0.937. The average Bonchev–Trinajstić information content (AvgIpc) is 2.94. The third kappa shape index (κ3) is 2.95. The first-order chi connectivity index (χ1) is 10.1. The second-order valence-corrected chi connectivity index (χ2v) is 5.94. The van der Waals surface area contributed by atoms with Gasteiger partial charge in [-0.05, 0) is 56.4 Å². The third-order valence-corrected chi connectivity index (χ3v) is 4.09. The molecule has 2 aromatic rings. The van der Waals surface area contributed by atoms with E-state index in [0.717, 1.165) is 36.3 Å². The topological polar surface area (TPSA) is 47.3 Å². The van der Waals surface area contributed by atoms with Crippen LogP contribution in [0.25, 0.3) is 0 Å². The van der Waals surface area contributed by atoms with E-state index in [1.165, 1.54) is 5.56 Å². The maximum atomic E-state index is 10.1. The zero-order valence-electron chi connectivity index (χ0n) is 12.6. The van der Waals surface area contributed by atoms with E-state index in [4.69, 9.17) is 4.74 Å². The summed E-state index contributed by atoms with van der Waals surface area (Å²) in [6.45, 7) is 4.74. The Morgan fingerprint density at radius 1 is 1.43 bits per heavy atom. The Morgan fingerprint density at radius 2 is 2.29 bits per heavy atom. The Bertz CT molecular complexity index is 619. The summed E-state index contributed by atoms with van der Waals surface area (Å²) < 4.78 is 7.99. The Morgan fingerprint density at radius 3 is 3.10 bits per heavy atom. The molecule has 0 unspecified atom stereocenters. The van der Waals surface area contributed by atoms with Crippen molar-refractivity contribution in [1.82, 2.24) is 9.55 Å². The van der Waals surface area contributed by atoms with E-state index in [0.29, 0.717) is 12.6 Å². The van der Waals surface area contributed by atoms with Gasteiger partial charge in [-0.1, -0.05) is 6.07 Å². The minimum absolute atomic E-state index is 0.349. The first kappa shape index (κ1) is 14.1. The van der Waals surface area contributed by atoms with Crippen molar-refractivity contribution in [3.8, 4) is 5.75 Å². The number of hydrogen-bond acceptors (Lipinski definition) is 3. The molecule has 1 aliphatic carbocycles. The van der Waals surface area contributed by atoms with Gasteiger partial charge < -0.3 is 14.4 Å². The number of fused-ring (bicyclic) bond motifs is 1. The van der Waals surface area contributed by atoms with Crippen molar-refractivity contribution in [3.05, 3.63) is 47.5 Å². The molecule has 1 N–H and O–H groups in total. The molecule has 0 saturated heterocycles. The number of aliphatic hydroxyl groups is 1. The van der Waals surface area contributed by atoms with E-state index in [1.54, 1.807) is 0 Å². The maximum Gasteiger partial charge on any atom is 0.130 e. The standard InChI is InChI=1S/C17H22N2O2/c1-12(2)19-11-18-9-14(19)10-21-15-7-6-13-4-3-5-17(20)16(13)8-15/h6-9,11-12,17,20H,3-5,10H2,1-2H3/t17-/m1/s1. The Hall–Kier alpha value is -1.81. The van der Waals surface area contributed by atoms with Gasteiger partial charge in [-0.2, -0.15) is 0 Å². The Labute approximate surface area is 125 Å². The Balaban J connectivity index is 1.74. The lowest BCUT2D eigenvalue weighted by Gasteiger charge is -2.22. The van der Waals surface area contributed by atoms with E-state index < -0.39 is 0 Å². The molecule has 0 aliphatic heterocycles. The lowest BCUT2D eigenvalue weighted by atomic mass is 9.89. The van der Waals surface area contributed by atoms with Crippen molar-refractivity contribution in [3.63, 3.8) is 0 Å². The zero-order chi connectivity index (χ0) is 14.8. The summed E-state index contributed by atoms with van der Waals surface area (Å²) >= 11 is 0. The van der Waals surface area contributed by atoms with Gasteiger partial charge in [-0.15, -0.1) is 0 Å². The van der Waals surface area contributed by atoms with Crippen LogP contribution in [-0.2, 0) is 13.0 Å². The highest BCUT2D eigenvalue weighted by Gasteiger charge is 2.18. The summed E-state index contributed by atoms with van der Waals surface area (Å²) in [5.41, 5.74) is 3.33. The van der Waals surface area contributed by atoms with Crippen LogP contribution in [0.1, 0.15) is 55.7 Å². The molecule has 21 heavy (non-hydrogen) atoms. The van der Waals surface area contributed by atoms with Gasteiger partial charge in [0.05, 0.1) is 24.3 Å². The van der Waals surface area contributed by atoms with Gasteiger partial charge in [0.2, 0.25) is 0 Å². The SMILES string of the molecule is CC(C)n1cncc1COc1ccc2c(c1)[C@H](O)CCC2. The highest BCUT2D eigenvalue weighted by atomic mass is 16.5. The average molecular weight is 286 g/mol. The molecule has 0 fully saturated rings. The fourth-order valence-electron chi connectivity index (χ4n) is 2.91. The van der Waals surface area contributed by atoms with Crippen LogP contribution in [0.2, 0.25) is 0 Å². The first-order valence-electron chi connectivity index (χ1n) is 7.59. The minimum atomic E-state index is -0.349. The number of benzene rings is 1. The molecule has 0 radical (unpaired) electrons. The van der Waals surface area contributed by atoms with Crippen LogP contribution in [-0.4, -0.2) is 14.7 Å². The number of ether oxygens (including phenoxy) is 1. The summed E-state index contributed by atoms with van der Waals surface area (Å²) in [6.07, 6.45) is 6.27. The van der Waals surface area contributed by atoms with Gasteiger partial charge >= 0.3 is 0 Å². The van der Waals surface area contributed by atoms with Crippen molar-refractivity contribution in [1.29, 1.82) is 0 Å². The normalized spacial score (nSPS) is 17.8. The third-order valence-electron chi connectivity index (χ3n) is 4.09. The van der Waals surface area contributed by atoms with Crippen LogP contribution < -0.4 is 4.74 Å². The molecule has 1 atom stereocenters. The molecule has 1 aliphatic rings. The molecule has 0 amide bonds. The number of imidazole rings is 1. The van der Waals surface area contributed by atoms with Crippen LogP contribution in [0.5, 0.6) is 5.75 Å². The van der Waals surface area contributed by atoms with E-state index in [2.05, 4.69) is 29.5 Å². The molecule has 112 valence electrons. The number of hydrogen-bond donors (Lipinski definition) is 1. The molecule has 0 bridgehead atoms. The van der Waals surface area contributed by atoms with Crippen LogP contribution in [0.15, 0.2) is 30.7 Å². The smallest absolute Gasteiger partial charge is 0.130 e. The number of aromatic nitrogens is 2. The molecule has 1 aromatic carbocycles. The van der Waals surface area contributed by atoms with Crippen LogP contribution in [0, 0.1) is 0 Å². The Kier molecular flexibility index (Phi) is 3.97. The van der Waals surface area contributed by atoms with Crippen LogP contribution in [0.3, 0.4) is 0 Å². The second-order valence-electron chi connectivity index (χ2n) is 5.94. The molecule has 4 nitrogen and oxygen atoms in total. The van der Waals surface area contributed by atoms with Gasteiger partial charge in [0.25, 0.3) is 0 Å². The molecule has 1 heterocycles. The molecule has 0 spiro atoms. The first-order valence-corrected chi connectivity index (χ1v) is 7.59. The highest BCUT2D eigenvalue weighted by Crippen LogP contribution is 2.32. The van der Waals surface area contributed by atoms with Crippen molar-refractivity contribution in [2.24, 2.45) is 0 Å². The predicted molar refractivity (Wildman–Crippen MR) is 81.3 cm³/mol. The van der Waals surface area contributed by atoms with Gasteiger partial charge in [-0.3, -0.25) is 0 Å². The number of aliphatic hydroxyl groups excluding tert-OH is 1. The summed E-state index contributed by atoms with van der Waals surface area (Å²) in [5, 5.41) is 10.1. The highest BCUT2D eigenvalue weighted by molar-refractivity contribution is 5.38. The molecule has 4 heteroatoms. The van der Waals surface area contributed by atoms with Crippen molar-refractivity contribution < 1.29 is 9.84 Å². The molecule has 3 rings (SSSR count). The molecular formula is C17H22N2O2. The van der Waals surface area contributed by atoms with Gasteiger partial charge in [0.1, 0.15) is 12.4 Å². The predicted octanol–water partition coefficient (Wildman–Crippen LogP) is 3.41. The summed E-state index contributed by atoms with van der Waals surface area (Å²) in [6, 6.07) is 6.42.